The number of phenolic OH excluding ortho intramolecular Hbond substituents is 2. The van der Waals surface area contributed by atoms with Crippen LogP contribution in [0.3, 0.4) is 0 Å². The Bertz CT molecular complexity index is 730. The largest absolute Gasteiger partial charge is 0.504 e. The van der Waals surface area contributed by atoms with Crippen molar-refractivity contribution in [3.63, 3.8) is 0 Å². The van der Waals surface area contributed by atoms with Gasteiger partial charge in [0.15, 0.2) is 11.5 Å². The first-order chi connectivity index (χ1) is 9.66. The number of benzene rings is 1. The minimum Gasteiger partial charge on any atom is -0.504 e. The summed E-state index contributed by atoms with van der Waals surface area (Å²) in [6, 6.07) is 1.77. The van der Waals surface area contributed by atoms with Gasteiger partial charge in [0.05, 0.1) is 5.02 Å². The summed E-state index contributed by atoms with van der Waals surface area (Å²) in [5.41, 5.74) is 5.38. The Morgan fingerprint density at radius 1 is 1.20 bits per heavy atom. The molecule has 2 aliphatic rings. The van der Waals surface area contributed by atoms with Crippen molar-refractivity contribution < 1.29 is 10.2 Å². The molecular weight excluding hydrogens is 276 g/mol. The van der Waals surface area contributed by atoms with Crippen LogP contribution in [0, 0.1) is 0 Å². The van der Waals surface area contributed by atoms with Crippen molar-refractivity contribution in [3.05, 3.63) is 51.3 Å². The molecule has 0 amide bonds. The molecule has 20 heavy (non-hydrogen) atoms. The molecule has 2 aromatic rings. The number of hydrogen-bond donors (Lipinski definition) is 3. The van der Waals surface area contributed by atoms with E-state index in [-0.39, 0.29) is 22.4 Å². The zero-order valence-electron chi connectivity index (χ0n) is 10.7. The number of fused-ring (bicyclic) bond motifs is 2. The van der Waals surface area contributed by atoms with Crippen molar-refractivity contribution in [2.24, 2.45) is 0 Å². The molecule has 1 atom stereocenters. The normalized spacial score (nSPS) is 19.4. The molecule has 4 nitrogen and oxygen atoms in total. The van der Waals surface area contributed by atoms with Crippen LogP contribution in [0.15, 0.2) is 18.5 Å². The van der Waals surface area contributed by atoms with E-state index in [1.807, 2.05) is 12.4 Å². The highest BCUT2D eigenvalue weighted by molar-refractivity contribution is 6.32. The van der Waals surface area contributed by atoms with Gasteiger partial charge < -0.3 is 15.5 Å². The SMILES string of the molecule is Oc1c(Cl)cc2c(c1O)Cc1cncc3c1C2CNC3. The Morgan fingerprint density at radius 3 is 2.85 bits per heavy atom. The van der Waals surface area contributed by atoms with Crippen LogP contribution in [-0.4, -0.2) is 21.7 Å². The van der Waals surface area contributed by atoms with Gasteiger partial charge in [-0.2, -0.15) is 0 Å². The lowest BCUT2D eigenvalue weighted by Gasteiger charge is -2.34. The highest BCUT2D eigenvalue weighted by Gasteiger charge is 2.33. The number of hydrogen-bond acceptors (Lipinski definition) is 4. The zero-order valence-corrected chi connectivity index (χ0v) is 11.4. The Hall–Kier alpha value is -1.78. The monoisotopic (exact) mass is 288 g/mol. The second-order valence-electron chi connectivity index (χ2n) is 5.36. The number of halogens is 1. The Morgan fingerprint density at radius 2 is 2.00 bits per heavy atom. The minimum atomic E-state index is -0.234. The highest BCUT2D eigenvalue weighted by Crippen LogP contribution is 2.47. The molecule has 0 bridgehead atoms. The van der Waals surface area contributed by atoms with Crippen LogP contribution in [0.25, 0.3) is 0 Å². The molecule has 3 N–H and O–H groups in total. The van der Waals surface area contributed by atoms with Crippen LogP contribution in [0.1, 0.15) is 33.7 Å². The van der Waals surface area contributed by atoms with Gasteiger partial charge in [-0.15, -0.1) is 0 Å². The van der Waals surface area contributed by atoms with Crippen molar-refractivity contribution in [1.29, 1.82) is 0 Å². The fourth-order valence-corrected chi connectivity index (χ4v) is 3.59. The molecule has 0 saturated carbocycles. The first-order valence-electron chi connectivity index (χ1n) is 6.56. The maximum atomic E-state index is 10.2. The van der Waals surface area contributed by atoms with Gasteiger partial charge in [-0.1, -0.05) is 11.6 Å². The molecule has 5 heteroatoms. The second kappa shape index (κ2) is 4.11. The molecule has 1 aromatic carbocycles. The van der Waals surface area contributed by atoms with Gasteiger partial charge in [-0.05, 0) is 28.3 Å². The van der Waals surface area contributed by atoms with Crippen molar-refractivity contribution in [2.75, 3.05) is 6.54 Å². The quantitative estimate of drug-likeness (QED) is 0.651. The first kappa shape index (κ1) is 12.0. The number of rotatable bonds is 0. The number of aromatic hydroxyl groups is 2. The maximum Gasteiger partial charge on any atom is 0.176 e. The average Bonchev–Trinajstić information content (AvgIpc) is 2.47. The number of pyridine rings is 1. The number of nitrogens with zero attached hydrogens (tertiary/aromatic N) is 1. The van der Waals surface area contributed by atoms with Crippen LogP contribution in [0.2, 0.25) is 5.02 Å². The molecule has 4 rings (SSSR count). The van der Waals surface area contributed by atoms with Crippen molar-refractivity contribution in [3.8, 4) is 11.5 Å². The summed E-state index contributed by atoms with van der Waals surface area (Å²) in [6.45, 7) is 1.62. The lowest BCUT2D eigenvalue weighted by Crippen LogP contribution is -2.32. The van der Waals surface area contributed by atoms with Crippen LogP contribution >= 0.6 is 11.6 Å². The summed E-state index contributed by atoms with van der Waals surface area (Å²) < 4.78 is 0. The maximum absolute atomic E-state index is 10.2. The lowest BCUT2D eigenvalue weighted by atomic mass is 9.75. The third-order valence-corrected chi connectivity index (χ3v) is 4.56. The molecule has 0 fully saturated rings. The molecule has 1 aliphatic carbocycles. The molecule has 0 spiro atoms. The smallest absolute Gasteiger partial charge is 0.176 e. The van der Waals surface area contributed by atoms with E-state index >= 15 is 0 Å². The predicted octanol–water partition coefficient (Wildman–Crippen LogP) is 2.29. The van der Waals surface area contributed by atoms with Gasteiger partial charge in [-0.3, -0.25) is 4.98 Å². The van der Waals surface area contributed by atoms with E-state index in [1.165, 1.54) is 11.1 Å². The van der Waals surface area contributed by atoms with Gasteiger partial charge in [0, 0.05) is 43.4 Å². The topological polar surface area (TPSA) is 65.4 Å². The Kier molecular flexibility index (Phi) is 2.46. The van der Waals surface area contributed by atoms with Gasteiger partial charge >= 0.3 is 0 Å². The molecule has 0 saturated heterocycles. The summed E-state index contributed by atoms with van der Waals surface area (Å²) in [6.07, 6.45) is 4.33. The van der Waals surface area contributed by atoms with E-state index in [0.717, 1.165) is 29.8 Å². The van der Waals surface area contributed by atoms with Gasteiger partial charge in [0.2, 0.25) is 0 Å². The fourth-order valence-electron chi connectivity index (χ4n) is 3.38. The molecule has 1 aromatic heterocycles. The highest BCUT2D eigenvalue weighted by atomic mass is 35.5. The summed E-state index contributed by atoms with van der Waals surface area (Å²) in [4.78, 5) is 4.27. The van der Waals surface area contributed by atoms with E-state index in [2.05, 4.69) is 10.3 Å². The minimum absolute atomic E-state index is 0.103. The van der Waals surface area contributed by atoms with Crippen molar-refractivity contribution in [2.45, 2.75) is 18.9 Å². The average molecular weight is 289 g/mol. The van der Waals surface area contributed by atoms with Crippen molar-refractivity contribution >= 4 is 11.6 Å². The number of phenols is 2. The van der Waals surface area contributed by atoms with E-state index in [9.17, 15) is 10.2 Å². The molecule has 2 heterocycles. The van der Waals surface area contributed by atoms with E-state index in [0.29, 0.717) is 6.42 Å². The second-order valence-corrected chi connectivity index (χ2v) is 5.76. The van der Waals surface area contributed by atoms with Crippen LogP contribution < -0.4 is 5.32 Å². The summed E-state index contributed by atoms with van der Waals surface area (Å²) in [7, 11) is 0. The summed E-state index contributed by atoms with van der Waals surface area (Å²) >= 11 is 6.02. The molecule has 102 valence electrons. The molecule has 0 radical (unpaired) electrons. The van der Waals surface area contributed by atoms with Crippen molar-refractivity contribution in [1.82, 2.24) is 10.3 Å². The Labute approximate surface area is 121 Å². The van der Waals surface area contributed by atoms with Gasteiger partial charge in [-0.25, -0.2) is 0 Å². The van der Waals surface area contributed by atoms with Crippen LogP contribution in [0.5, 0.6) is 11.5 Å². The third-order valence-electron chi connectivity index (χ3n) is 4.27. The van der Waals surface area contributed by atoms with E-state index in [4.69, 9.17) is 11.6 Å². The van der Waals surface area contributed by atoms with Crippen LogP contribution in [-0.2, 0) is 13.0 Å². The van der Waals surface area contributed by atoms with E-state index < -0.39 is 0 Å². The van der Waals surface area contributed by atoms with E-state index in [1.54, 1.807) is 6.07 Å². The standard InChI is InChI=1S/C15H13ClN2O2/c16-12-2-9-10(14(19)15(12)20)1-7-3-17-4-8-5-18-6-11(9)13(7)8/h2-4,11,18-20H,1,5-6H2. The Balaban J connectivity index is 2.01. The lowest BCUT2D eigenvalue weighted by molar-refractivity contribution is 0.398. The molecule has 1 unspecified atom stereocenters. The van der Waals surface area contributed by atoms with Gasteiger partial charge in [0.1, 0.15) is 0 Å². The number of nitrogens with one attached hydrogen (secondary N) is 1. The summed E-state index contributed by atoms with van der Waals surface area (Å²) in [5.74, 6) is -0.180. The fraction of sp³-hybridized carbons (Fsp3) is 0.267. The van der Waals surface area contributed by atoms with Crippen LogP contribution in [0.4, 0.5) is 0 Å². The zero-order chi connectivity index (χ0) is 13.9. The third kappa shape index (κ3) is 1.49. The van der Waals surface area contributed by atoms with Gasteiger partial charge in [0.25, 0.3) is 0 Å². The number of aromatic nitrogens is 1. The first-order valence-corrected chi connectivity index (χ1v) is 6.94. The molecular formula is C15H13ClN2O2. The predicted molar refractivity (Wildman–Crippen MR) is 75.4 cm³/mol. The summed E-state index contributed by atoms with van der Waals surface area (Å²) in [5, 5.41) is 23.6. The molecule has 1 aliphatic heterocycles.